The van der Waals surface area contributed by atoms with Crippen molar-refractivity contribution >= 4 is 33.6 Å². The predicted molar refractivity (Wildman–Crippen MR) is 59.0 cm³/mol. The van der Waals surface area contributed by atoms with Crippen LogP contribution in [0.25, 0.3) is 6.08 Å². The Kier molecular flexibility index (Phi) is 3.94. The van der Waals surface area contributed by atoms with Gasteiger partial charge in [0.2, 0.25) is 0 Å². The van der Waals surface area contributed by atoms with E-state index in [9.17, 15) is 4.39 Å². The number of halogens is 3. The molecule has 0 spiro atoms. The molecule has 0 aliphatic carbocycles. The van der Waals surface area contributed by atoms with Gasteiger partial charge in [0, 0.05) is 15.9 Å². The molecule has 0 aliphatic rings. The number of allylic oxidation sites excluding steroid dienone is 1. The second-order valence-corrected chi connectivity index (χ2v) is 3.73. The molecule has 0 fully saturated rings. The predicted octanol–water partition coefficient (Wildman–Crippen LogP) is 4.20. The first-order valence-electron chi connectivity index (χ1n) is 3.83. The van der Waals surface area contributed by atoms with Crippen molar-refractivity contribution in [2.75, 3.05) is 5.33 Å². The summed E-state index contributed by atoms with van der Waals surface area (Å²) in [6, 6.07) is 3.07. The Bertz CT molecular complexity index is 334. The van der Waals surface area contributed by atoms with Gasteiger partial charge in [-0.2, -0.15) is 0 Å². The Hall–Kier alpha value is -0.340. The van der Waals surface area contributed by atoms with E-state index in [1.54, 1.807) is 12.1 Å². The molecule has 70 valence electrons. The summed E-state index contributed by atoms with van der Waals surface area (Å²) < 4.78 is 13.2. The van der Waals surface area contributed by atoms with Gasteiger partial charge in [-0.3, -0.25) is 0 Å². The molecule has 3 heteroatoms. The van der Waals surface area contributed by atoms with E-state index in [1.165, 1.54) is 6.07 Å². The van der Waals surface area contributed by atoms with Gasteiger partial charge in [0.05, 0.1) is 0 Å². The third-order valence-corrected chi connectivity index (χ3v) is 2.45. The van der Waals surface area contributed by atoms with E-state index in [4.69, 9.17) is 11.6 Å². The fraction of sp³-hybridized carbons (Fsp3) is 0.200. The zero-order valence-electron chi connectivity index (χ0n) is 7.15. The molecule has 1 aromatic rings. The Morgan fingerprint density at radius 1 is 1.54 bits per heavy atom. The minimum Gasteiger partial charge on any atom is -0.206 e. The van der Waals surface area contributed by atoms with Crippen LogP contribution in [0.15, 0.2) is 18.2 Å². The molecule has 0 saturated heterocycles. The van der Waals surface area contributed by atoms with E-state index >= 15 is 0 Å². The van der Waals surface area contributed by atoms with Crippen molar-refractivity contribution in [3.05, 3.63) is 40.2 Å². The molecule has 0 radical (unpaired) electrons. The molecule has 0 N–H and O–H groups in total. The van der Waals surface area contributed by atoms with Crippen molar-refractivity contribution in [2.45, 2.75) is 6.92 Å². The van der Waals surface area contributed by atoms with E-state index in [1.807, 2.05) is 13.0 Å². The van der Waals surface area contributed by atoms with Crippen molar-refractivity contribution in [3.8, 4) is 0 Å². The van der Waals surface area contributed by atoms with Crippen LogP contribution in [0.3, 0.4) is 0 Å². The summed E-state index contributed by atoms with van der Waals surface area (Å²) in [5, 5.41) is 1.18. The maximum Gasteiger partial charge on any atom is 0.131 e. The lowest BCUT2D eigenvalue weighted by Gasteiger charge is -2.01. The van der Waals surface area contributed by atoms with Crippen LogP contribution >= 0.6 is 27.5 Å². The van der Waals surface area contributed by atoms with Gasteiger partial charge in [-0.1, -0.05) is 39.7 Å². The lowest BCUT2D eigenvalue weighted by Crippen LogP contribution is -1.85. The van der Waals surface area contributed by atoms with Gasteiger partial charge < -0.3 is 0 Å². The number of rotatable bonds is 2. The average Bonchev–Trinajstić information content (AvgIpc) is 2.09. The third-order valence-electron chi connectivity index (χ3n) is 1.66. The molecular weight excluding hydrogens is 254 g/mol. The van der Waals surface area contributed by atoms with Crippen LogP contribution in [-0.4, -0.2) is 5.33 Å². The first kappa shape index (κ1) is 10.7. The van der Waals surface area contributed by atoms with Crippen LogP contribution in [0.5, 0.6) is 0 Å². The molecule has 0 amide bonds. The largest absolute Gasteiger partial charge is 0.206 e. The molecule has 0 nitrogen and oxygen atoms in total. The van der Waals surface area contributed by atoms with Crippen molar-refractivity contribution in [1.29, 1.82) is 0 Å². The normalized spacial score (nSPS) is 11.1. The average molecular weight is 264 g/mol. The van der Waals surface area contributed by atoms with Crippen molar-refractivity contribution in [2.24, 2.45) is 0 Å². The molecule has 0 bridgehead atoms. The van der Waals surface area contributed by atoms with Crippen LogP contribution < -0.4 is 0 Å². The molecule has 1 aromatic carbocycles. The second kappa shape index (κ2) is 4.77. The molecule has 0 saturated carbocycles. The number of benzene rings is 1. The minimum absolute atomic E-state index is 0.284. The molecule has 0 heterocycles. The first-order valence-corrected chi connectivity index (χ1v) is 5.33. The SMILES string of the molecule is Cc1cc(C=CCBr)c(F)cc1Cl. The van der Waals surface area contributed by atoms with Crippen LogP contribution in [-0.2, 0) is 0 Å². The highest BCUT2D eigenvalue weighted by molar-refractivity contribution is 9.09. The van der Waals surface area contributed by atoms with Gasteiger partial charge >= 0.3 is 0 Å². The lowest BCUT2D eigenvalue weighted by molar-refractivity contribution is 0.624. The van der Waals surface area contributed by atoms with E-state index < -0.39 is 0 Å². The maximum atomic E-state index is 13.2. The van der Waals surface area contributed by atoms with Crippen LogP contribution in [0.1, 0.15) is 11.1 Å². The highest BCUT2D eigenvalue weighted by Crippen LogP contribution is 2.20. The van der Waals surface area contributed by atoms with Gasteiger partial charge in [0.1, 0.15) is 5.82 Å². The summed E-state index contributed by atoms with van der Waals surface area (Å²) in [7, 11) is 0. The van der Waals surface area contributed by atoms with E-state index in [2.05, 4.69) is 15.9 Å². The van der Waals surface area contributed by atoms with Crippen LogP contribution in [0.4, 0.5) is 4.39 Å². The summed E-state index contributed by atoms with van der Waals surface area (Å²) in [6.07, 6.45) is 3.57. The van der Waals surface area contributed by atoms with Crippen LogP contribution in [0.2, 0.25) is 5.02 Å². The molecular formula is C10H9BrClF. The summed E-state index contributed by atoms with van der Waals surface area (Å²) >= 11 is 8.98. The van der Waals surface area contributed by atoms with E-state index in [0.29, 0.717) is 15.9 Å². The zero-order valence-corrected chi connectivity index (χ0v) is 9.49. The highest BCUT2D eigenvalue weighted by Gasteiger charge is 2.02. The van der Waals surface area contributed by atoms with Gasteiger partial charge in [0.25, 0.3) is 0 Å². The van der Waals surface area contributed by atoms with Crippen LogP contribution in [0, 0.1) is 12.7 Å². The van der Waals surface area contributed by atoms with Gasteiger partial charge in [-0.25, -0.2) is 4.39 Å². The van der Waals surface area contributed by atoms with Crippen molar-refractivity contribution in [3.63, 3.8) is 0 Å². The highest BCUT2D eigenvalue weighted by atomic mass is 79.9. The number of alkyl halides is 1. The fourth-order valence-electron chi connectivity index (χ4n) is 0.979. The second-order valence-electron chi connectivity index (χ2n) is 2.68. The topological polar surface area (TPSA) is 0 Å². The summed E-state index contributed by atoms with van der Waals surface area (Å²) in [5.41, 5.74) is 1.46. The molecule has 0 aliphatic heterocycles. The van der Waals surface area contributed by atoms with Gasteiger partial charge in [-0.05, 0) is 24.6 Å². The molecule has 1 rings (SSSR count). The van der Waals surface area contributed by atoms with Gasteiger partial charge in [-0.15, -0.1) is 0 Å². The van der Waals surface area contributed by atoms with E-state index in [-0.39, 0.29) is 5.82 Å². The smallest absolute Gasteiger partial charge is 0.131 e. The Morgan fingerprint density at radius 2 is 2.23 bits per heavy atom. The maximum absolute atomic E-state index is 13.2. The lowest BCUT2D eigenvalue weighted by atomic mass is 10.1. The third kappa shape index (κ3) is 2.82. The monoisotopic (exact) mass is 262 g/mol. The number of aryl methyl sites for hydroxylation is 1. The van der Waals surface area contributed by atoms with E-state index in [0.717, 1.165) is 5.56 Å². The zero-order chi connectivity index (χ0) is 9.84. The number of hydrogen-bond acceptors (Lipinski definition) is 0. The Morgan fingerprint density at radius 3 is 2.85 bits per heavy atom. The quantitative estimate of drug-likeness (QED) is 0.702. The first-order chi connectivity index (χ1) is 6.15. The van der Waals surface area contributed by atoms with Crippen molar-refractivity contribution in [1.82, 2.24) is 0 Å². The minimum atomic E-state index is -0.284. The van der Waals surface area contributed by atoms with Gasteiger partial charge in [0.15, 0.2) is 0 Å². The summed E-state index contributed by atoms with van der Waals surface area (Å²) in [5.74, 6) is -0.284. The summed E-state index contributed by atoms with van der Waals surface area (Å²) in [6.45, 7) is 1.85. The molecule has 0 atom stereocenters. The number of hydrogen-bond donors (Lipinski definition) is 0. The molecule has 0 aromatic heterocycles. The molecule has 0 unspecified atom stereocenters. The molecule has 13 heavy (non-hydrogen) atoms. The Balaban J connectivity index is 3.08. The van der Waals surface area contributed by atoms with Crippen molar-refractivity contribution < 1.29 is 4.39 Å². The Labute approximate surface area is 90.5 Å². The summed E-state index contributed by atoms with van der Waals surface area (Å²) in [4.78, 5) is 0. The fourth-order valence-corrected chi connectivity index (χ4v) is 1.32. The standard InChI is InChI=1S/C10H9BrClF/c1-7-5-8(3-2-4-11)10(13)6-9(7)12/h2-3,5-6H,4H2,1H3.